The van der Waals surface area contributed by atoms with Crippen LogP contribution in [0.4, 0.5) is 5.69 Å². The van der Waals surface area contributed by atoms with Gasteiger partial charge in [-0.05, 0) is 61.6 Å². The highest BCUT2D eigenvalue weighted by Gasteiger charge is 2.21. The van der Waals surface area contributed by atoms with Crippen LogP contribution >= 0.6 is 11.3 Å². The molecule has 1 aliphatic rings. The van der Waals surface area contributed by atoms with E-state index >= 15 is 0 Å². The average Bonchev–Trinajstić information content (AvgIpc) is 3.28. The highest BCUT2D eigenvalue weighted by Crippen LogP contribution is 2.21. The number of amides is 2. The standard InChI is InChI=1S/C24H26N4O3S/c1-16-11-13-28(14-12-16)24(30)18-7-9-19(10-8-18)25-22(29)23-27-26-21(32-23)15-31-20-6-4-3-5-17(20)2/h3-10,16H,11-15H2,1-2H3,(H,25,29). The lowest BCUT2D eigenvalue weighted by molar-refractivity contribution is 0.0697. The maximum absolute atomic E-state index is 12.7. The fourth-order valence-corrected chi connectivity index (χ4v) is 4.18. The lowest BCUT2D eigenvalue weighted by atomic mass is 9.98. The fraction of sp³-hybridized carbons (Fsp3) is 0.333. The second-order valence-electron chi connectivity index (χ2n) is 8.06. The van der Waals surface area contributed by atoms with E-state index in [1.54, 1.807) is 24.3 Å². The molecule has 7 nitrogen and oxygen atoms in total. The number of para-hydroxylation sites is 1. The van der Waals surface area contributed by atoms with Gasteiger partial charge in [-0.3, -0.25) is 9.59 Å². The molecular weight excluding hydrogens is 424 g/mol. The number of aromatic nitrogens is 2. The number of benzene rings is 2. The van der Waals surface area contributed by atoms with Gasteiger partial charge in [-0.15, -0.1) is 10.2 Å². The van der Waals surface area contributed by atoms with E-state index in [-0.39, 0.29) is 23.4 Å². The summed E-state index contributed by atoms with van der Waals surface area (Å²) in [6.07, 6.45) is 2.08. The lowest BCUT2D eigenvalue weighted by Crippen LogP contribution is -2.37. The second kappa shape index (κ2) is 9.91. The predicted molar refractivity (Wildman–Crippen MR) is 124 cm³/mol. The minimum atomic E-state index is -0.339. The summed E-state index contributed by atoms with van der Waals surface area (Å²) in [6, 6.07) is 14.7. The molecule has 0 saturated carbocycles. The van der Waals surface area contributed by atoms with Gasteiger partial charge in [0.1, 0.15) is 12.4 Å². The first-order valence-electron chi connectivity index (χ1n) is 10.7. The van der Waals surface area contributed by atoms with Crippen molar-refractivity contribution >= 4 is 28.8 Å². The number of piperidine rings is 1. The molecule has 0 aliphatic carbocycles. The van der Waals surface area contributed by atoms with E-state index in [1.807, 2.05) is 36.1 Å². The zero-order valence-corrected chi connectivity index (χ0v) is 19.0. The largest absolute Gasteiger partial charge is 0.486 e. The predicted octanol–water partition coefficient (Wildman–Crippen LogP) is 4.55. The first-order valence-corrected chi connectivity index (χ1v) is 11.5. The normalized spacial score (nSPS) is 14.2. The summed E-state index contributed by atoms with van der Waals surface area (Å²) in [5.41, 5.74) is 2.27. The number of anilines is 1. The molecule has 32 heavy (non-hydrogen) atoms. The van der Waals surface area contributed by atoms with Crippen LogP contribution in [-0.4, -0.2) is 40.0 Å². The van der Waals surface area contributed by atoms with Crippen molar-refractivity contribution in [2.45, 2.75) is 33.3 Å². The van der Waals surface area contributed by atoms with Crippen LogP contribution in [0.15, 0.2) is 48.5 Å². The lowest BCUT2D eigenvalue weighted by Gasteiger charge is -2.30. The van der Waals surface area contributed by atoms with E-state index in [0.29, 0.717) is 22.2 Å². The molecule has 4 rings (SSSR count). The molecule has 166 valence electrons. The number of hydrogen-bond donors (Lipinski definition) is 1. The van der Waals surface area contributed by atoms with Gasteiger partial charge in [-0.2, -0.15) is 0 Å². The molecule has 1 aliphatic heterocycles. The quantitative estimate of drug-likeness (QED) is 0.596. The Morgan fingerprint density at radius 2 is 1.81 bits per heavy atom. The molecule has 2 amide bonds. The third-order valence-electron chi connectivity index (χ3n) is 5.57. The molecule has 1 aromatic heterocycles. The van der Waals surface area contributed by atoms with Crippen LogP contribution < -0.4 is 10.1 Å². The second-order valence-corrected chi connectivity index (χ2v) is 9.12. The Bertz CT molecular complexity index is 1090. The van der Waals surface area contributed by atoms with E-state index < -0.39 is 0 Å². The van der Waals surface area contributed by atoms with Gasteiger partial charge in [0.05, 0.1) is 0 Å². The Morgan fingerprint density at radius 1 is 1.09 bits per heavy atom. The van der Waals surface area contributed by atoms with E-state index in [0.717, 1.165) is 37.2 Å². The summed E-state index contributed by atoms with van der Waals surface area (Å²) in [7, 11) is 0. The molecule has 0 unspecified atom stereocenters. The van der Waals surface area contributed by atoms with Crippen molar-refractivity contribution in [2.24, 2.45) is 5.92 Å². The maximum Gasteiger partial charge on any atom is 0.286 e. The Labute approximate surface area is 191 Å². The van der Waals surface area contributed by atoms with Crippen molar-refractivity contribution in [1.29, 1.82) is 0 Å². The highest BCUT2D eigenvalue weighted by molar-refractivity contribution is 7.13. The fourth-order valence-electron chi connectivity index (χ4n) is 3.54. The van der Waals surface area contributed by atoms with Crippen LogP contribution in [0.25, 0.3) is 0 Å². The molecule has 0 bridgehead atoms. The molecule has 3 aromatic rings. The number of nitrogens with one attached hydrogen (secondary N) is 1. The summed E-state index contributed by atoms with van der Waals surface area (Å²) in [5, 5.41) is 11.7. The molecule has 2 aromatic carbocycles. The number of rotatable bonds is 6. The minimum Gasteiger partial charge on any atom is -0.486 e. The summed E-state index contributed by atoms with van der Waals surface area (Å²) in [4.78, 5) is 27.1. The summed E-state index contributed by atoms with van der Waals surface area (Å²) in [5.74, 6) is 1.15. The van der Waals surface area contributed by atoms with E-state index in [9.17, 15) is 9.59 Å². The van der Waals surface area contributed by atoms with Crippen molar-refractivity contribution < 1.29 is 14.3 Å². The van der Waals surface area contributed by atoms with Gasteiger partial charge in [0.25, 0.3) is 11.8 Å². The summed E-state index contributed by atoms with van der Waals surface area (Å²) in [6.45, 7) is 6.04. The molecule has 1 saturated heterocycles. The number of likely N-dealkylation sites (tertiary alicyclic amines) is 1. The van der Waals surface area contributed by atoms with Crippen LogP contribution in [0.5, 0.6) is 5.75 Å². The number of hydrogen-bond acceptors (Lipinski definition) is 6. The maximum atomic E-state index is 12.7. The third-order valence-corrected chi connectivity index (χ3v) is 6.46. The van der Waals surface area contributed by atoms with Crippen LogP contribution in [-0.2, 0) is 6.61 Å². The zero-order chi connectivity index (χ0) is 22.5. The number of carbonyl (C=O) groups is 2. The highest BCUT2D eigenvalue weighted by atomic mass is 32.1. The first-order chi connectivity index (χ1) is 15.5. The van der Waals surface area contributed by atoms with Crippen LogP contribution in [0.1, 0.15) is 50.5 Å². The van der Waals surface area contributed by atoms with Gasteiger partial charge in [-0.25, -0.2) is 0 Å². The Kier molecular flexibility index (Phi) is 6.80. The number of aryl methyl sites for hydroxylation is 1. The molecule has 1 N–H and O–H groups in total. The van der Waals surface area contributed by atoms with Crippen LogP contribution in [0, 0.1) is 12.8 Å². The molecular formula is C24H26N4O3S. The topological polar surface area (TPSA) is 84.4 Å². The Morgan fingerprint density at radius 3 is 2.53 bits per heavy atom. The number of ether oxygens (including phenoxy) is 1. The van der Waals surface area contributed by atoms with E-state index in [4.69, 9.17) is 4.74 Å². The minimum absolute atomic E-state index is 0.0391. The summed E-state index contributed by atoms with van der Waals surface area (Å²) >= 11 is 1.19. The van der Waals surface area contributed by atoms with Crippen molar-refractivity contribution in [1.82, 2.24) is 15.1 Å². The molecule has 1 fully saturated rings. The molecule has 0 atom stereocenters. The SMILES string of the molecule is Cc1ccccc1OCc1nnc(C(=O)Nc2ccc(C(=O)N3CCC(C)CC3)cc2)s1. The summed E-state index contributed by atoms with van der Waals surface area (Å²) < 4.78 is 5.77. The van der Waals surface area contributed by atoms with Gasteiger partial charge in [0.15, 0.2) is 5.01 Å². The van der Waals surface area contributed by atoms with Crippen LogP contribution in [0.2, 0.25) is 0 Å². The third kappa shape index (κ3) is 5.31. The molecule has 0 spiro atoms. The number of nitrogens with zero attached hydrogens (tertiary/aromatic N) is 3. The average molecular weight is 451 g/mol. The molecule has 0 radical (unpaired) electrons. The van der Waals surface area contributed by atoms with Gasteiger partial charge >= 0.3 is 0 Å². The van der Waals surface area contributed by atoms with Crippen molar-refractivity contribution in [2.75, 3.05) is 18.4 Å². The monoisotopic (exact) mass is 450 g/mol. The van der Waals surface area contributed by atoms with Crippen molar-refractivity contribution in [3.63, 3.8) is 0 Å². The first kappa shape index (κ1) is 22.0. The Hall–Kier alpha value is -3.26. The van der Waals surface area contributed by atoms with Gasteiger partial charge in [-0.1, -0.05) is 36.5 Å². The molecule has 2 heterocycles. The van der Waals surface area contributed by atoms with Crippen LogP contribution in [0.3, 0.4) is 0 Å². The van der Waals surface area contributed by atoms with Crippen molar-refractivity contribution in [3.05, 3.63) is 69.7 Å². The van der Waals surface area contributed by atoms with Gasteiger partial charge in [0, 0.05) is 24.3 Å². The Balaban J connectivity index is 1.32. The number of carbonyl (C=O) groups excluding carboxylic acids is 2. The van der Waals surface area contributed by atoms with E-state index in [2.05, 4.69) is 22.4 Å². The van der Waals surface area contributed by atoms with E-state index in [1.165, 1.54) is 11.3 Å². The van der Waals surface area contributed by atoms with Crippen molar-refractivity contribution in [3.8, 4) is 5.75 Å². The molecule has 8 heteroatoms. The van der Waals surface area contributed by atoms with Gasteiger partial charge < -0.3 is 15.0 Å². The smallest absolute Gasteiger partial charge is 0.286 e. The zero-order valence-electron chi connectivity index (χ0n) is 18.2. The van der Waals surface area contributed by atoms with Gasteiger partial charge in [0.2, 0.25) is 5.01 Å².